The summed E-state index contributed by atoms with van der Waals surface area (Å²) in [6.07, 6.45) is 0. The Bertz CT molecular complexity index is 352. The third-order valence-electron chi connectivity index (χ3n) is 0.167. The zero-order chi connectivity index (χ0) is 21.4. The van der Waals surface area contributed by atoms with E-state index in [1.807, 2.05) is 0 Å². The van der Waals surface area contributed by atoms with Gasteiger partial charge in [-0.2, -0.15) is 31.3 Å². The van der Waals surface area contributed by atoms with Gasteiger partial charge in [0.2, 0.25) is 0 Å². The average molecular weight is 709 g/mol. The summed E-state index contributed by atoms with van der Waals surface area (Å²) < 4.78 is 34.2. The van der Waals surface area contributed by atoms with Crippen molar-refractivity contribution in [3.05, 3.63) is 0 Å². The number of hydrogen-bond donors (Lipinski definition) is 2. The van der Waals surface area contributed by atoms with Crippen molar-refractivity contribution in [2.24, 2.45) is 11.5 Å². The van der Waals surface area contributed by atoms with E-state index in [-0.39, 0.29) is 128 Å². The summed E-state index contributed by atoms with van der Waals surface area (Å²) in [6, 6.07) is 0. The van der Waals surface area contributed by atoms with Crippen LogP contribution < -0.4 is 70.2 Å². The molecule has 0 saturated heterocycles. The molecule has 0 rings (SSSR count). The summed E-state index contributed by atoms with van der Waals surface area (Å²) in [4.78, 5) is 103. The molecule has 0 aromatic heterocycles. The molecular weight excluding hydrogens is 701 g/mol. The maximum Gasteiger partial charge on any atom is 2.00 e. The Hall–Kier alpha value is 4.53. The number of nitrogens with two attached hydrogens (primary N) is 2. The Kier molecular flexibility index (Phi) is 89.0. The van der Waals surface area contributed by atoms with E-state index in [1.54, 1.807) is 0 Å². The van der Waals surface area contributed by atoms with Gasteiger partial charge in [0, 0.05) is 13.1 Å². The van der Waals surface area contributed by atoms with Gasteiger partial charge in [-0.25, -0.2) is 0 Å². The molecular formula is C2H8Mg3N2O16P4Zn3. The van der Waals surface area contributed by atoms with E-state index in [2.05, 4.69) is 0 Å². The van der Waals surface area contributed by atoms with Gasteiger partial charge in [0.15, 0.2) is 0 Å². The van der Waals surface area contributed by atoms with Crippen LogP contribution in [0.15, 0.2) is 0 Å². The molecule has 0 unspecified atom stereocenters. The molecule has 0 spiro atoms. The summed E-state index contributed by atoms with van der Waals surface area (Å²) in [7, 11) is -21.6. The smallest absolute Gasteiger partial charge is 0.822 e. The van der Waals surface area contributed by atoms with Crippen LogP contribution in [-0.4, -0.2) is 82.2 Å². The Morgan fingerprint density at radius 3 is 0.433 bits per heavy atom. The zero-order valence-corrected chi connectivity index (χ0v) is 31.9. The van der Waals surface area contributed by atoms with Gasteiger partial charge in [0.25, 0.3) is 0 Å². The first-order valence-corrected chi connectivity index (χ1v) is 10.1. The number of phosphoric acid groups is 4. The van der Waals surface area contributed by atoms with Gasteiger partial charge < -0.3 is 88.4 Å². The van der Waals surface area contributed by atoms with Crippen LogP contribution in [-0.2, 0) is 76.7 Å². The zero-order valence-electron chi connectivity index (χ0n) is 15.1. The molecule has 18 nitrogen and oxygen atoms in total. The van der Waals surface area contributed by atoms with Gasteiger partial charge >= 0.3 is 128 Å². The molecule has 30 heavy (non-hydrogen) atoms. The third-order valence-corrected chi connectivity index (χ3v) is 0.167. The van der Waals surface area contributed by atoms with E-state index in [0.29, 0.717) is 13.1 Å². The maximum absolute atomic E-state index is 8.55. The molecule has 0 heterocycles. The summed E-state index contributed by atoms with van der Waals surface area (Å²) in [6.45, 7) is 1.19. The minimum atomic E-state index is -5.39. The second-order valence-electron chi connectivity index (χ2n) is 2.37. The first-order valence-electron chi connectivity index (χ1n) is 4.24. The van der Waals surface area contributed by atoms with Crippen LogP contribution >= 0.6 is 31.3 Å². The quantitative estimate of drug-likeness (QED) is 0.188. The fraction of sp³-hybridized carbons (Fsp3) is 1.00. The van der Waals surface area contributed by atoms with Crippen LogP contribution in [0.25, 0.3) is 0 Å². The molecule has 28 heteroatoms. The molecule has 0 aromatic carbocycles. The van der Waals surface area contributed by atoms with Crippen LogP contribution in [0.2, 0.25) is 0 Å². The van der Waals surface area contributed by atoms with E-state index >= 15 is 0 Å². The molecule has 0 aliphatic carbocycles. The van der Waals surface area contributed by atoms with Crippen molar-refractivity contribution in [1.29, 1.82) is 0 Å². The fourth-order valence-corrected chi connectivity index (χ4v) is 0. The Morgan fingerprint density at radius 2 is 0.433 bits per heavy atom. The van der Waals surface area contributed by atoms with E-state index < -0.39 is 31.3 Å². The van der Waals surface area contributed by atoms with Crippen molar-refractivity contribution < 1.29 is 135 Å². The van der Waals surface area contributed by atoms with Crippen molar-refractivity contribution in [2.45, 2.75) is 0 Å². The predicted octanol–water partition coefficient (Wildman–Crippen LogP) is -13.5. The van der Waals surface area contributed by atoms with Crippen LogP contribution in [0, 0.1) is 0 Å². The van der Waals surface area contributed by atoms with Crippen LogP contribution in [0.5, 0.6) is 0 Å². The van der Waals surface area contributed by atoms with Gasteiger partial charge in [-0.3, -0.25) is 0 Å². The van der Waals surface area contributed by atoms with E-state index in [4.69, 9.17) is 88.4 Å². The fourth-order valence-electron chi connectivity index (χ4n) is 0. The second kappa shape index (κ2) is 38.1. The molecule has 0 aromatic rings. The van der Waals surface area contributed by atoms with Gasteiger partial charge in [0.1, 0.15) is 0 Å². The van der Waals surface area contributed by atoms with Crippen molar-refractivity contribution >= 4 is 100 Å². The minimum Gasteiger partial charge on any atom is -0.822 e. The Balaban J connectivity index is -0.0000000159. The van der Waals surface area contributed by atoms with Crippen LogP contribution in [0.4, 0.5) is 0 Å². The van der Waals surface area contributed by atoms with Crippen molar-refractivity contribution in [3.63, 3.8) is 0 Å². The normalized spacial score (nSPS) is 8.87. The van der Waals surface area contributed by atoms with Gasteiger partial charge in [-0.15, -0.1) is 0 Å². The molecule has 0 aliphatic heterocycles. The first kappa shape index (κ1) is 70.1. The SMILES string of the molecule is NCCN.O=P([O-])([O-])[O-].O=P([O-])([O-])[O-].O=P([O-])([O-])[O-].O=P([O-])([O-])[O-].[Mg+2].[Mg+2].[Mg+2].[Zn+2].[Zn+2].[Zn+2]. The number of rotatable bonds is 1. The van der Waals surface area contributed by atoms with Gasteiger partial charge in [-0.05, 0) is 0 Å². The largest absolute Gasteiger partial charge is 2.00 e. The van der Waals surface area contributed by atoms with Crippen molar-refractivity contribution in [2.75, 3.05) is 13.1 Å². The molecule has 0 amide bonds. The molecule has 0 atom stereocenters. The molecule has 0 bridgehead atoms. The average Bonchev–Trinajstić information content (AvgIpc) is 2.05. The van der Waals surface area contributed by atoms with Gasteiger partial charge in [0.05, 0.1) is 0 Å². The Labute approximate surface area is 257 Å². The Morgan fingerprint density at radius 1 is 0.400 bits per heavy atom. The maximum atomic E-state index is 8.55. The molecule has 4 N–H and O–H groups in total. The molecule has 0 radical (unpaired) electrons. The molecule has 154 valence electrons. The van der Waals surface area contributed by atoms with E-state index in [9.17, 15) is 0 Å². The molecule has 0 saturated carbocycles. The standard InChI is InChI=1S/C2H8N2.3Mg.4H3O4P.3Zn/c3-1-2-4;;;;4*1-5(2,3)4;;;/h1-4H2;;;;4*(H3,1,2,3,4);;;/q;3*+2;;;;;3*+2/p-12. The third kappa shape index (κ3) is 1060. The van der Waals surface area contributed by atoms with Crippen LogP contribution in [0.1, 0.15) is 0 Å². The summed E-state index contributed by atoms with van der Waals surface area (Å²) in [5.74, 6) is 0. The number of hydrogen-bond acceptors (Lipinski definition) is 18. The van der Waals surface area contributed by atoms with Gasteiger partial charge in [-0.1, -0.05) is 0 Å². The summed E-state index contributed by atoms with van der Waals surface area (Å²) >= 11 is 0. The topological polar surface area (TPSA) is 397 Å². The summed E-state index contributed by atoms with van der Waals surface area (Å²) in [5.41, 5.74) is 9.81. The predicted molar refractivity (Wildman–Crippen MR) is 65.8 cm³/mol. The van der Waals surface area contributed by atoms with Crippen LogP contribution in [0.3, 0.4) is 0 Å². The molecule has 0 aliphatic rings. The van der Waals surface area contributed by atoms with Crippen molar-refractivity contribution in [1.82, 2.24) is 0 Å². The van der Waals surface area contributed by atoms with Crippen molar-refractivity contribution in [3.8, 4) is 0 Å². The first-order chi connectivity index (χ1) is 9.91. The summed E-state index contributed by atoms with van der Waals surface area (Å²) in [5, 5.41) is 0. The van der Waals surface area contributed by atoms with E-state index in [0.717, 1.165) is 0 Å². The minimum absolute atomic E-state index is 0. The van der Waals surface area contributed by atoms with E-state index in [1.165, 1.54) is 0 Å². The monoisotopic (exact) mass is 704 g/mol. The second-order valence-corrected chi connectivity index (χ2v) is 5.94. The molecule has 0 fully saturated rings.